The van der Waals surface area contributed by atoms with Gasteiger partial charge in [-0.2, -0.15) is 0 Å². The first-order valence-electron chi connectivity index (χ1n) is 5.13. The highest BCUT2D eigenvalue weighted by molar-refractivity contribution is 6.46. The van der Waals surface area contributed by atoms with Gasteiger partial charge < -0.3 is 9.94 Å². The number of rotatable bonds is 0. The Kier molecular flexibility index (Phi) is 2.64. The molecule has 1 aromatic rings. The Labute approximate surface area is 93.5 Å². The molecule has 0 aliphatic carbocycles. The highest BCUT2D eigenvalue weighted by Crippen LogP contribution is 2.28. The van der Waals surface area contributed by atoms with Gasteiger partial charge in [-0.1, -0.05) is 11.2 Å². The van der Waals surface area contributed by atoms with Gasteiger partial charge in [0, 0.05) is 6.42 Å². The van der Waals surface area contributed by atoms with Crippen molar-refractivity contribution in [1.29, 1.82) is 0 Å². The molecule has 0 saturated heterocycles. The molecule has 4 heteroatoms. The van der Waals surface area contributed by atoms with E-state index in [0.29, 0.717) is 24.3 Å². The monoisotopic (exact) mass is 219 g/mol. The van der Waals surface area contributed by atoms with E-state index in [9.17, 15) is 4.79 Å². The highest BCUT2D eigenvalue weighted by atomic mass is 16.5. The average Bonchev–Trinajstić information content (AvgIpc) is 2.39. The summed E-state index contributed by atoms with van der Waals surface area (Å²) in [7, 11) is 0. The van der Waals surface area contributed by atoms with Crippen molar-refractivity contribution in [3.63, 3.8) is 0 Å². The van der Waals surface area contributed by atoms with Gasteiger partial charge in [0.25, 0.3) is 0 Å². The van der Waals surface area contributed by atoms with E-state index >= 15 is 0 Å². The normalized spacial score (nSPS) is 17.9. The Morgan fingerprint density at radius 1 is 1.38 bits per heavy atom. The van der Waals surface area contributed by atoms with Crippen LogP contribution in [0.25, 0.3) is 0 Å². The van der Waals surface area contributed by atoms with E-state index in [0.717, 1.165) is 11.1 Å². The molecule has 0 aromatic heterocycles. The minimum atomic E-state index is -0.248. The maximum atomic E-state index is 12.0. The second-order valence-electron chi connectivity index (χ2n) is 3.93. The van der Waals surface area contributed by atoms with E-state index in [2.05, 4.69) is 5.16 Å². The lowest BCUT2D eigenvalue weighted by atomic mass is 10.00. The summed E-state index contributed by atoms with van der Waals surface area (Å²) >= 11 is 0. The number of aryl methyl sites for hydroxylation is 2. The van der Waals surface area contributed by atoms with Crippen LogP contribution in [-0.2, 0) is 0 Å². The fraction of sp³-hybridized carbons (Fsp3) is 0.333. The van der Waals surface area contributed by atoms with E-state index in [1.165, 1.54) is 0 Å². The van der Waals surface area contributed by atoms with Crippen molar-refractivity contribution in [1.82, 2.24) is 0 Å². The number of oxime groups is 1. The lowest BCUT2D eigenvalue weighted by molar-refractivity contribution is 0.106. The molecule has 0 saturated carbocycles. The van der Waals surface area contributed by atoms with E-state index < -0.39 is 0 Å². The van der Waals surface area contributed by atoms with Crippen molar-refractivity contribution < 1.29 is 14.7 Å². The molecular weight excluding hydrogens is 206 g/mol. The van der Waals surface area contributed by atoms with Gasteiger partial charge in [0.15, 0.2) is 0 Å². The number of carbonyl (C=O) groups excluding carboxylic acids is 1. The Balaban J connectivity index is 2.62. The molecule has 0 atom stereocenters. The first kappa shape index (κ1) is 10.7. The molecule has 2 rings (SSSR count). The van der Waals surface area contributed by atoms with Crippen molar-refractivity contribution in [2.45, 2.75) is 20.3 Å². The van der Waals surface area contributed by atoms with Gasteiger partial charge >= 0.3 is 0 Å². The average molecular weight is 219 g/mol. The first-order chi connectivity index (χ1) is 7.63. The van der Waals surface area contributed by atoms with Crippen LogP contribution in [-0.4, -0.2) is 23.3 Å². The van der Waals surface area contributed by atoms with Crippen molar-refractivity contribution in [2.24, 2.45) is 5.16 Å². The van der Waals surface area contributed by atoms with Gasteiger partial charge in [0.2, 0.25) is 5.78 Å². The molecule has 1 aliphatic rings. The summed E-state index contributed by atoms with van der Waals surface area (Å²) in [5.41, 5.74) is 2.57. The predicted molar refractivity (Wildman–Crippen MR) is 59.6 cm³/mol. The molecule has 1 heterocycles. The minimum Gasteiger partial charge on any atom is -0.492 e. The lowest BCUT2D eigenvalue weighted by Crippen LogP contribution is -2.13. The molecule has 0 spiro atoms. The van der Waals surface area contributed by atoms with Crippen LogP contribution in [0.15, 0.2) is 17.3 Å². The van der Waals surface area contributed by atoms with Crippen LogP contribution in [0.3, 0.4) is 0 Å². The lowest BCUT2D eigenvalue weighted by Gasteiger charge is -2.10. The molecule has 16 heavy (non-hydrogen) atoms. The molecule has 1 N–H and O–H groups in total. The molecule has 0 radical (unpaired) electrons. The Hall–Kier alpha value is -1.84. The predicted octanol–water partition coefficient (Wildman–Crippen LogP) is 2.10. The maximum absolute atomic E-state index is 12.0. The Bertz CT molecular complexity index is 477. The summed E-state index contributed by atoms with van der Waals surface area (Å²) in [6, 6.07) is 3.73. The fourth-order valence-electron chi connectivity index (χ4n) is 1.93. The highest BCUT2D eigenvalue weighted by Gasteiger charge is 2.24. The van der Waals surface area contributed by atoms with Crippen LogP contribution in [0.1, 0.15) is 27.9 Å². The fourth-order valence-corrected chi connectivity index (χ4v) is 1.93. The number of benzene rings is 1. The van der Waals surface area contributed by atoms with Gasteiger partial charge in [-0.3, -0.25) is 4.79 Å². The van der Waals surface area contributed by atoms with Crippen LogP contribution >= 0.6 is 0 Å². The standard InChI is InChI=1S/C12H13NO3/c1-7-5-8(2)12-9(6-7)11(14)10(13-15)3-4-16-12/h5-6,15H,3-4H2,1-2H3/b13-10-. The van der Waals surface area contributed by atoms with Crippen LogP contribution in [0.5, 0.6) is 5.75 Å². The summed E-state index contributed by atoms with van der Waals surface area (Å²) in [5, 5.41) is 11.8. The zero-order valence-corrected chi connectivity index (χ0v) is 9.28. The molecule has 4 nitrogen and oxygen atoms in total. The van der Waals surface area contributed by atoms with Crippen LogP contribution in [0.4, 0.5) is 0 Å². The zero-order chi connectivity index (χ0) is 11.7. The molecule has 0 unspecified atom stereocenters. The topological polar surface area (TPSA) is 58.9 Å². The number of fused-ring (bicyclic) bond motifs is 1. The van der Waals surface area contributed by atoms with Gasteiger partial charge in [-0.05, 0) is 31.0 Å². The second kappa shape index (κ2) is 3.96. The summed E-state index contributed by atoms with van der Waals surface area (Å²) in [6.07, 6.45) is 0.336. The summed E-state index contributed by atoms with van der Waals surface area (Å²) in [6.45, 7) is 4.18. The van der Waals surface area contributed by atoms with E-state index in [-0.39, 0.29) is 11.5 Å². The minimum absolute atomic E-state index is 0.156. The Morgan fingerprint density at radius 3 is 2.81 bits per heavy atom. The van der Waals surface area contributed by atoms with E-state index in [1.54, 1.807) is 6.07 Å². The van der Waals surface area contributed by atoms with Crippen molar-refractivity contribution in [3.8, 4) is 5.75 Å². The van der Waals surface area contributed by atoms with Crippen molar-refractivity contribution >= 4 is 11.5 Å². The molecule has 1 aromatic carbocycles. The van der Waals surface area contributed by atoms with Gasteiger partial charge in [0.1, 0.15) is 11.5 Å². The maximum Gasteiger partial charge on any atom is 0.214 e. The molecule has 1 aliphatic heterocycles. The van der Waals surface area contributed by atoms with E-state index in [1.807, 2.05) is 19.9 Å². The van der Waals surface area contributed by atoms with Gasteiger partial charge in [-0.15, -0.1) is 0 Å². The zero-order valence-electron chi connectivity index (χ0n) is 9.28. The number of carbonyl (C=O) groups is 1. The largest absolute Gasteiger partial charge is 0.492 e. The van der Waals surface area contributed by atoms with Gasteiger partial charge in [0.05, 0.1) is 12.2 Å². The third-order valence-corrected chi connectivity index (χ3v) is 2.63. The number of ketones is 1. The third kappa shape index (κ3) is 1.66. The Morgan fingerprint density at radius 2 is 2.12 bits per heavy atom. The number of ether oxygens (including phenoxy) is 1. The molecule has 0 fully saturated rings. The molecule has 0 bridgehead atoms. The van der Waals surface area contributed by atoms with E-state index in [4.69, 9.17) is 9.94 Å². The molecule has 0 amide bonds. The van der Waals surface area contributed by atoms with Gasteiger partial charge in [-0.25, -0.2) is 0 Å². The molecule has 84 valence electrons. The second-order valence-corrected chi connectivity index (χ2v) is 3.93. The number of hydrogen-bond donors (Lipinski definition) is 1. The number of hydrogen-bond acceptors (Lipinski definition) is 4. The SMILES string of the molecule is Cc1cc(C)c2c(c1)C(=O)/C(=N\O)CCO2. The summed E-state index contributed by atoms with van der Waals surface area (Å²) in [4.78, 5) is 12.0. The number of Topliss-reactive ketones (excluding diaryl/α,β-unsaturated/α-hetero) is 1. The first-order valence-corrected chi connectivity index (χ1v) is 5.13. The summed E-state index contributed by atoms with van der Waals surface area (Å²) < 4.78 is 5.52. The summed E-state index contributed by atoms with van der Waals surface area (Å²) in [5.74, 6) is 0.357. The van der Waals surface area contributed by atoms with Crippen LogP contribution in [0.2, 0.25) is 0 Å². The van der Waals surface area contributed by atoms with Crippen LogP contribution in [0, 0.1) is 13.8 Å². The quantitative estimate of drug-likeness (QED) is 0.537. The molecular formula is C12H13NO3. The number of nitrogens with zero attached hydrogens (tertiary/aromatic N) is 1. The van der Waals surface area contributed by atoms with Crippen LogP contribution < -0.4 is 4.74 Å². The smallest absolute Gasteiger partial charge is 0.214 e. The third-order valence-electron chi connectivity index (χ3n) is 2.63. The van der Waals surface area contributed by atoms with Crippen molar-refractivity contribution in [3.05, 3.63) is 28.8 Å². The van der Waals surface area contributed by atoms with Crippen molar-refractivity contribution in [2.75, 3.05) is 6.61 Å².